The average molecular weight is 320 g/mol. The lowest BCUT2D eigenvalue weighted by molar-refractivity contribution is 0.0506. The molecule has 0 fully saturated rings. The minimum atomic E-state index is -2.92. The number of ether oxygens (including phenoxy) is 1. The second kappa shape index (κ2) is 6.17. The molecule has 2 rings (SSSR count). The molecule has 2 aromatic rings. The zero-order chi connectivity index (χ0) is 15.6. The standard InChI is InChI=1S/C11H12ClF2N5O2/c1-3-21-11(20)8-9(10(13)14)19(17-16-8)5-7-15-4-6(12)18(7)2/h4,10H,3,5H2,1-2H3. The zero-order valence-corrected chi connectivity index (χ0v) is 12.0. The molecule has 114 valence electrons. The fourth-order valence-electron chi connectivity index (χ4n) is 1.70. The molecule has 0 aromatic carbocycles. The van der Waals surface area contributed by atoms with Crippen molar-refractivity contribution in [3.8, 4) is 0 Å². The minimum absolute atomic E-state index is 0.0589. The van der Waals surface area contributed by atoms with Gasteiger partial charge in [-0.3, -0.25) is 0 Å². The summed E-state index contributed by atoms with van der Waals surface area (Å²) in [6, 6.07) is 0. The molecule has 0 N–H and O–H groups in total. The Balaban J connectivity index is 2.36. The van der Waals surface area contributed by atoms with Gasteiger partial charge in [0.05, 0.1) is 12.8 Å². The molecule has 0 aliphatic rings. The monoisotopic (exact) mass is 319 g/mol. The Morgan fingerprint density at radius 1 is 1.52 bits per heavy atom. The van der Waals surface area contributed by atoms with Crippen LogP contribution >= 0.6 is 11.6 Å². The van der Waals surface area contributed by atoms with Crippen LogP contribution in [-0.4, -0.2) is 37.1 Å². The molecular formula is C11H12ClF2N5O2. The quantitative estimate of drug-likeness (QED) is 0.786. The molecule has 7 nitrogen and oxygen atoms in total. The largest absolute Gasteiger partial charge is 0.461 e. The predicted octanol–water partition coefficient (Wildman–Crippen LogP) is 1.83. The SMILES string of the molecule is CCOC(=O)c1nnn(Cc2ncc(Cl)n2C)c1C(F)F. The third kappa shape index (κ3) is 3.02. The number of carbonyl (C=O) groups is 1. The van der Waals surface area contributed by atoms with Crippen LogP contribution in [0, 0.1) is 0 Å². The molecule has 10 heteroatoms. The summed E-state index contributed by atoms with van der Waals surface area (Å²) < 4.78 is 33.4. The molecule has 0 unspecified atom stereocenters. The Labute approximate surface area is 123 Å². The number of halogens is 3. The predicted molar refractivity (Wildman–Crippen MR) is 68.3 cm³/mol. The van der Waals surface area contributed by atoms with E-state index < -0.39 is 23.8 Å². The molecule has 0 saturated carbocycles. The van der Waals surface area contributed by atoms with Gasteiger partial charge in [0.1, 0.15) is 23.2 Å². The first-order chi connectivity index (χ1) is 9.95. The van der Waals surface area contributed by atoms with Crippen LogP contribution in [0.5, 0.6) is 0 Å². The van der Waals surface area contributed by atoms with Gasteiger partial charge < -0.3 is 9.30 Å². The molecule has 0 radical (unpaired) electrons. The van der Waals surface area contributed by atoms with E-state index in [0.717, 1.165) is 4.68 Å². The van der Waals surface area contributed by atoms with Crippen LogP contribution in [0.4, 0.5) is 8.78 Å². The molecule has 0 saturated heterocycles. The number of hydrogen-bond donors (Lipinski definition) is 0. The van der Waals surface area contributed by atoms with E-state index in [4.69, 9.17) is 11.6 Å². The van der Waals surface area contributed by atoms with Crippen LogP contribution in [0.2, 0.25) is 5.15 Å². The lowest BCUT2D eigenvalue weighted by Crippen LogP contribution is -2.14. The molecule has 0 aliphatic heterocycles. The highest BCUT2D eigenvalue weighted by Crippen LogP contribution is 2.23. The maximum Gasteiger partial charge on any atom is 0.361 e. The summed E-state index contributed by atoms with van der Waals surface area (Å²) in [5.41, 5.74) is -1.10. The Kier molecular flexibility index (Phi) is 4.51. The van der Waals surface area contributed by atoms with Crippen LogP contribution in [0.15, 0.2) is 6.20 Å². The first-order valence-electron chi connectivity index (χ1n) is 6.00. The van der Waals surface area contributed by atoms with Crippen molar-refractivity contribution in [3.63, 3.8) is 0 Å². The molecule has 0 spiro atoms. The molecule has 0 aliphatic carbocycles. The Bertz CT molecular complexity index is 655. The van der Waals surface area contributed by atoms with Gasteiger partial charge in [-0.2, -0.15) is 0 Å². The van der Waals surface area contributed by atoms with Gasteiger partial charge >= 0.3 is 5.97 Å². The van der Waals surface area contributed by atoms with Gasteiger partial charge in [-0.25, -0.2) is 23.2 Å². The zero-order valence-electron chi connectivity index (χ0n) is 11.3. The van der Waals surface area contributed by atoms with Gasteiger partial charge in [0.25, 0.3) is 6.43 Å². The van der Waals surface area contributed by atoms with E-state index in [1.807, 2.05) is 0 Å². The summed E-state index contributed by atoms with van der Waals surface area (Å²) in [4.78, 5) is 15.6. The van der Waals surface area contributed by atoms with E-state index in [1.54, 1.807) is 14.0 Å². The lowest BCUT2D eigenvalue weighted by Gasteiger charge is -2.07. The summed E-state index contributed by atoms with van der Waals surface area (Å²) in [7, 11) is 1.63. The fourth-order valence-corrected chi connectivity index (χ4v) is 1.85. The topological polar surface area (TPSA) is 74.8 Å². The molecule has 2 aromatic heterocycles. The number of imidazole rings is 1. The summed E-state index contributed by atoms with van der Waals surface area (Å²) >= 11 is 5.83. The van der Waals surface area contributed by atoms with Gasteiger partial charge in [-0.1, -0.05) is 16.8 Å². The first kappa shape index (κ1) is 15.4. The van der Waals surface area contributed by atoms with E-state index in [-0.39, 0.29) is 13.2 Å². The van der Waals surface area contributed by atoms with Crippen LogP contribution in [0.1, 0.15) is 35.4 Å². The Morgan fingerprint density at radius 3 is 2.76 bits per heavy atom. The summed E-state index contributed by atoms with van der Waals surface area (Å²) in [6.07, 6.45) is -1.53. The summed E-state index contributed by atoms with van der Waals surface area (Å²) in [5.74, 6) is -0.529. The number of carbonyl (C=O) groups excluding carboxylic acids is 1. The van der Waals surface area contributed by atoms with Crippen molar-refractivity contribution in [2.75, 3.05) is 6.61 Å². The van der Waals surface area contributed by atoms with Crippen LogP contribution < -0.4 is 0 Å². The van der Waals surface area contributed by atoms with Gasteiger partial charge in [-0.05, 0) is 6.92 Å². The third-order valence-corrected chi connectivity index (χ3v) is 3.12. The van der Waals surface area contributed by atoms with E-state index in [0.29, 0.717) is 11.0 Å². The van der Waals surface area contributed by atoms with E-state index in [2.05, 4.69) is 20.0 Å². The number of nitrogens with zero attached hydrogens (tertiary/aromatic N) is 5. The van der Waals surface area contributed by atoms with Gasteiger partial charge in [0.2, 0.25) is 0 Å². The molecule has 0 atom stereocenters. The van der Waals surface area contributed by atoms with Crippen molar-refractivity contribution < 1.29 is 18.3 Å². The van der Waals surface area contributed by atoms with Crippen LogP contribution in [-0.2, 0) is 18.3 Å². The molecular weight excluding hydrogens is 308 g/mol. The van der Waals surface area contributed by atoms with Crippen molar-refractivity contribution in [1.82, 2.24) is 24.5 Å². The highest BCUT2D eigenvalue weighted by Gasteiger charge is 2.28. The number of alkyl halides is 2. The van der Waals surface area contributed by atoms with Crippen LogP contribution in [0.3, 0.4) is 0 Å². The summed E-state index contributed by atoms with van der Waals surface area (Å²) in [6.45, 7) is 1.54. The first-order valence-corrected chi connectivity index (χ1v) is 6.38. The van der Waals surface area contributed by atoms with Gasteiger partial charge in [-0.15, -0.1) is 5.10 Å². The highest BCUT2D eigenvalue weighted by molar-refractivity contribution is 6.29. The van der Waals surface area contributed by atoms with E-state index in [1.165, 1.54) is 10.8 Å². The average Bonchev–Trinajstić information content (AvgIpc) is 2.98. The number of hydrogen-bond acceptors (Lipinski definition) is 5. The molecule has 0 bridgehead atoms. The van der Waals surface area contributed by atoms with Crippen LogP contribution in [0.25, 0.3) is 0 Å². The molecule has 0 amide bonds. The maximum atomic E-state index is 13.2. The van der Waals surface area contributed by atoms with Crippen molar-refractivity contribution in [1.29, 1.82) is 0 Å². The smallest absolute Gasteiger partial charge is 0.361 e. The summed E-state index contributed by atoms with van der Waals surface area (Å²) in [5, 5.41) is 7.41. The highest BCUT2D eigenvalue weighted by atomic mass is 35.5. The Morgan fingerprint density at radius 2 is 2.24 bits per heavy atom. The lowest BCUT2D eigenvalue weighted by atomic mass is 10.3. The Hall–Kier alpha value is -2.03. The van der Waals surface area contributed by atoms with Crippen molar-refractivity contribution >= 4 is 17.6 Å². The van der Waals surface area contributed by atoms with Crippen molar-refractivity contribution in [3.05, 3.63) is 28.6 Å². The second-order valence-corrected chi connectivity index (χ2v) is 4.45. The minimum Gasteiger partial charge on any atom is -0.461 e. The maximum absolute atomic E-state index is 13.2. The van der Waals surface area contributed by atoms with Gasteiger partial charge in [0, 0.05) is 7.05 Å². The number of esters is 1. The molecule has 2 heterocycles. The third-order valence-electron chi connectivity index (χ3n) is 2.77. The van der Waals surface area contributed by atoms with Gasteiger partial charge in [0.15, 0.2) is 5.69 Å². The fraction of sp³-hybridized carbons (Fsp3) is 0.455. The van der Waals surface area contributed by atoms with E-state index in [9.17, 15) is 13.6 Å². The normalized spacial score (nSPS) is 11.1. The van der Waals surface area contributed by atoms with Crippen molar-refractivity contribution in [2.45, 2.75) is 19.9 Å². The van der Waals surface area contributed by atoms with Crippen molar-refractivity contribution in [2.24, 2.45) is 7.05 Å². The molecule has 21 heavy (non-hydrogen) atoms. The number of rotatable bonds is 5. The van der Waals surface area contributed by atoms with E-state index >= 15 is 0 Å². The number of aromatic nitrogens is 5. The second-order valence-electron chi connectivity index (χ2n) is 4.06.